The van der Waals surface area contributed by atoms with Crippen LogP contribution >= 0.6 is 0 Å². The minimum atomic E-state index is -3.72. The molecule has 2 fully saturated rings. The first-order valence-electron chi connectivity index (χ1n) is 11.6. The molecule has 1 unspecified atom stereocenters. The molecule has 3 aliphatic heterocycles. The van der Waals surface area contributed by atoms with E-state index in [1.165, 1.54) is 4.31 Å². The van der Waals surface area contributed by atoms with Gasteiger partial charge in [0.2, 0.25) is 21.8 Å². The second-order valence-corrected chi connectivity index (χ2v) is 10.7. The van der Waals surface area contributed by atoms with Crippen LogP contribution in [0.25, 0.3) is 0 Å². The first-order valence-corrected chi connectivity index (χ1v) is 13.0. The first kappa shape index (κ1) is 22.8. The zero-order valence-corrected chi connectivity index (χ0v) is 19.6. The van der Waals surface area contributed by atoms with Crippen molar-refractivity contribution in [1.82, 2.24) is 4.31 Å². The minimum absolute atomic E-state index is 0.0354. The summed E-state index contributed by atoms with van der Waals surface area (Å²) in [7, 11) is -3.72. The summed E-state index contributed by atoms with van der Waals surface area (Å²) in [4.78, 5) is 27.9. The van der Waals surface area contributed by atoms with Gasteiger partial charge in [0.15, 0.2) is 0 Å². The summed E-state index contributed by atoms with van der Waals surface area (Å²) in [6.07, 6.45) is 2.11. The van der Waals surface area contributed by atoms with Crippen LogP contribution in [0.15, 0.2) is 47.4 Å². The number of carbonyl (C=O) groups excluding carboxylic acids is 2. The van der Waals surface area contributed by atoms with Gasteiger partial charge >= 0.3 is 0 Å². The number of carbonyl (C=O) groups is 2. The van der Waals surface area contributed by atoms with Crippen molar-refractivity contribution < 1.29 is 22.7 Å². The number of benzene rings is 2. The molecule has 3 aliphatic rings. The van der Waals surface area contributed by atoms with E-state index >= 15 is 0 Å². The highest BCUT2D eigenvalue weighted by Crippen LogP contribution is 2.36. The van der Waals surface area contributed by atoms with Gasteiger partial charge in [0.05, 0.1) is 35.4 Å². The minimum Gasteiger partial charge on any atom is -0.379 e. The third kappa shape index (κ3) is 4.40. The molecule has 34 heavy (non-hydrogen) atoms. The van der Waals surface area contributed by atoms with Crippen LogP contribution in [0, 0.1) is 0 Å². The number of nitrogens with zero attached hydrogens (tertiary/aromatic N) is 2. The highest BCUT2D eigenvalue weighted by atomic mass is 32.2. The zero-order valence-electron chi connectivity index (χ0n) is 18.8. The topological polar surface area (TPSA) is 108 Å². The Balaban J connectivity index is 1.48. The highest BCUT2D eigenvalue weighted by Gasteiger charge is 2.32. The van der Waals surface area contributed by atoms with Gasteiger partial charge in [0.25, 0.3) is 0 Å². The van der Waals surface area contributed by atoms with Crippen LogP contribution in [-0.4, -0.2) is 63.9 Å². The van der Waals surface area contributed by atoms with E-state index in [4.69, 9.17) is 4.74 Å². The standard InChI is InChI=1S/C24H28N4O5S/c29-23-16-19(18-5-1-2-6-20(18)25-23)24(30)26-21-15-17(7-8-22(21)27-9-3-4-10-27)34(31,32)28-11-13-33-14-12-28/h1-2,5-8,15,19H,3-4,9-14,16H2,(H,25,29)(H,26,30). The fraction of sp³-hybridized carbons (Fsp3) is 0.417. The van der Waals surface area contributed by atoms with Crippen molar-refractivity contribution in [3.8, 4) is 0 Å². The molecule has 0 radical (unpaired) electrons. The number of hydrogen-bond acceptors (Lipinski definition) is 6. The van der Waals surface area contributed by atoms with E-state index in [-0.39, 0.29) is 23.1 Å². The normalized spacial score (nSPS) is 21.1. The number of nitrogens with one attached hydrogen (secondary N) is 2. The van der Waals surface area contributed by atoms with Crippen LogP contribution in [0.3, 0.4) is 0 Å². The molecule has 0 aliphatic carbocycles. The SMILES string of the molecule is O=C1CC(C(=O)Nc2cc(S(=O)(=O)N3CCOCC3)ccc2N2CCCC2)c2ccccc2N1. The number of rotatable bonds is 5. The van der Waals surface area contributed by atoms with Gasteiger partial charge in [-0.3, -0.25) is 9.59 Å². The Kier molecular flexibility index (Phi) is 6.28. The lowest BCUT2D eigenvalue weighted by Crippen LogP contribution is -2.40. The van der Waals surface area contributed by atoms with E-state index < -0.39 is 15.9 Å². The van der Waals surface area contributed by atoms with Gasteiger partial charge in [0.1, 0.15) is 0 Å². The number of sulfonamides is 1. The van der Waals surface area contributed by atoms with E-state index in [0.29, 0.717) is 37.7 Å². The van der Waals surface area contributed by atoms with Crippen molar-refractivity contribution in [2.75, 3.05) is 54.9 Å². The Morgan fingerprint density at radius 2 is 1.76 bits per heavy atom. The maximum absolute atomic E-state index is 13.4. The van der Waals surface area contributed by atoms with Crippen LogP contribution in [0.5, 0.6) is 0 Å². The van der Waals surface area contributed by atoms with Gasteiger partial charge < -0.3 is 20.3 Å². The molecule has 5 rings (SSSR count). The molecule has 0 spiro atoms. The Hall–Kier alpha value is -2.95. The summed E-state index contributed by atoms with van der Waals surface area (Å²) in [6, 6.07) is 12.2. The average molecular weight is 485 g/mol. The number of hydrogen-bond donors (Lipinski definition) is 2. The smallest absolute Gasteiger partial charge is 0.243 e. The average Bonchev–Trinajstić information content (AvgIpc) is 3.38. The van der Waals surface area contributed by atoms with Crippen LogP contribution in [0.4, 0.5) is 17.1 Å². The lowest BCUT2D eigenvalue weighted by atomic mass is 9.89. The van der Waals surface area contributed by atoms with Crippen molar-refractivity contribution in [1.29, 1.82) is 0 Å². The van der Waals surface area contributed by atoms with Crippen LogP contribution < -0.4 is 15.5 Å². The summed E-state index contributed by atoms with van der Waals surface area (Å²) in [5.74, 6) is -1.21. The predicted molar refractivity (Wildman–Crippen MR) is 129 cm³/mol. The van der Waals surface area contributed by atoms with Crippen LogP contribution in [-0.2, 0) is 24.3 Å². The van der Waals surface area contributed by atoms with Crippen LogP contribution in [0.2, 0.25) is 0 Å². The molecule has 2 aromatic carbocycles. The van der Waals surface area contributed by atoms with Crippen molar-refractivity contribution >= 4 is 38.9 Å². The van der Waals surface area contributed by atoms with Gasteiger partial charge in [0, 0.05) is 38.3 Å². The predicted octanol–water partition coefficient (Wildman–Crippen LogP) is 2.37. The molecule has 180 valence electrons. The number of morpholine rings is 1. The maximum atomic E-state index is 13.4. The second kappa shape index (κ2) is 9.36. The molecule has 3 heterocycles. The van der Waals surface area contributed by atoms with E-state index in [9.17, 15) is 18.0 Å². The van der Waals surface area contributed by atoms with Crippen molar-refractivity contribution in [2.24, 2.45) is 0 Å². The lowest BCUT2D eigenvalue weighted by molar-refractivity contribution is -0.123. The summed E-state index contributed by atoms with van der Waals surface area (Å²) < 4.78 is 33.2. The highest BCUT2D eigenvalue weighted by molar-refractivity contribution is 7.89. The van der Waals surface area contributed by atoms with Gasteiger partial charge in [-0.25, -0.2) is 8.42 Å². The summed E-state index contributed by atoms with van der Waals surface area (Å²) in [5, 5.41) is 5.77. The van der Waals surface area contributed by atoms with Gasteiger partial charge in [-0.15, -0.1) is 0 Å². The molecule has 0 saturated carbocycles. The largest absolute Gasteiger partial charge is 0.379 e. The Labute approximate surface area is 199 Å². The van der Waals surface area contributed by atoms with E-state index in [1.54, 1.807) is 24.3 Å². The molecule has 1 atom stereocenters. The Morgan fingerprint density at radius 3 is 2.53 bits per heavy atom. The van der Waals surface area contributed by atoms with Crippen molar-refractivity contribution in [2.45, 2.75) is 30.1 Å². The van der Waals surface area contributed by atoms with Crippen LogP contribution in [0.1, 0.15) is 30.7 Å². The van der Waals surface area contributed by atoms with Crippen molar-refractivity contribution in [3.05, 3.63) is 48.0 Å². The molecular weight excluding hydrogens is 456 g/mol. The molecule has 2 aromatic rings. The third-order valence-corrected chi connectivity index (χ3v) is 8.49. The first-order chi connectivity index (χ1) is 16.4. The summed E-state index contributed by atoms with van der Waals surface area (Å²) in [6.45, 7) is 2.99. The lowest BCUT2D eigenvalue weighted by Gasteiger charge is -2.28. The Morgan fingerprint density at radius 1 is 1.03 bits per heavy atom. The maximum Gasteiger partial charge on any atom is 0.243 e. The number of amides is 2. The molecular formula is C24H28N4O5S. The van der Waals surface area contributed by atoms with E-state index in [2.05, 4.69) is 15.5 Å². The summed E-state index contributed by atoms with van der Waals surface area (Å²) in [5.41, 5.74) is 2.62. The van der Waals surface area contributed by atoms with Crippen molar-refractivity contribution in [3.63, 3.8) is 0 Å². The van der Waals surface area contributed by atoms with Gasteiger partial charge in [-0.05, 0) is 42.7 Å². The van der Waals surface area contributed by atoms with Gasteiger partial charge in [-0.1, -0.05) is 18.2 Å². The molecule has 0 bridgehead atoms. The molecule has 2 saturated heterocycles. The molecule has 0 aromatic heterocycles. The summed E-state index contributed by atoms with van der Waals surface area (Å²) >= 11 is 0. The molecule has 9 nitrogen and oxygen atoms in total. The number of fused-ring (bicyclic) bond motifs is 1. The number of para-hydroxylation sites is 1. The monoisotopic (exact) mass is 484 g/mol. The van der Waals surface area contributed by atoms with E-state index in [1.807, 2.05) is 18.2 Å². The number of ether oxygens (including phenoxy) is 1. The fourth-order valence-corrected chi connectivity index (χ4v) is 6.25. The quantitative estimate of drug-likeness (QED) is 0.675. The fourth-order valence-electron chi connectivity index (χ4n) is 4.81. The van der Waals surface area contributed by atoms with Gasteiger partial charge in [-0.2, -0.15) is 4.31 Å². The Bertz CT molecular complexity index is 1200. The molecule has 2 N–H and O–H groups in total. The van der Waals surface area contributed by atoms with E-state index in [0.717, 1.165) is 37.2 Å². The zero-order chi connectivity index (χ0) is 23.7. The third-order valence-electron chi connectivity index (χ3n) is 6.60. The second-order valence-electron chi connectivity index (χ2n) is 8.77. The molecule has 2 amide bonds. The number of anilines is 3. The molecule has 10 heteroatoms.